The Labute approximate surface area is 70.0 Å². The number of thioether (sulfide) groups is 1. The number of fused-ring (bicyclic) bond motifs is 1. The number of hydrogen-bond acceptors (Lipinski definition) is 1. The van der Waals surface area contributed by atoms with Gasteiger partial charge in [-0.15, -0.1) is 11.8 Å². The van der Waals surface area contributed by atoms with E-state index in [1.54, 1.807) is 11.8 Å². The highest BCUT2D eigenvalue weighted by Gasteiger charge is 1.92. The van der Waals surface area contributed by atoms with Gasteiger partial charge in [0.1, 0.15) is 0 Å². The van der Waals surface area contributed by atoms with Crippen LogP contribution in [0.2, 0.25) is 0 Å². The van der Waals surface area contributed by atoms with E-state index in [2.05, 4.69) is 47.3 Å². The van der Waals surface area contributed by atoms with E-state index in [1.807, 2.05) is 0 Å². The van der Waals surface area contributed by atoms with Gasteiger partial charge < -0.3 is 4.40 Å². The van der Waals surface area contributed by atoms with Crippen LogP contribution in [0.3, 0.4) is 0 Å². The third-order valence-electron chi connectivity index (χ3n) is 1.73. The van der Waals surface area contributed by atoms with Crippen molar-refractivity contribution in [3.8, 4) is 0 Å². The quantitative estimate of drug-likeness (QED) is 0.585. The zero-order chi connectivity index (χ0) is 7.68. The highest BCUT2D eigenvalue weighted by atomic mass is 32.2. The summed E-state index contributed by atoms with van der Waals surface area (Å²) in [6, 6.07) is 8.43. The zero-order valence-corrected chi connectivity index (χ0v) is 7.14. The molecule has 0 radical (unpaired) electrons. The van der Waals surface area contributed by atoms with Crippen molar-refractivity contribution in [2.24, 2.45) is 0 Å². The Kier molecular flexibility index (Phi) is 1.62. The second-order valence-electron chi connectivity index (χ2n) is 2.41. The summed E-state index contributed by atoms with van der Waals surface area (Å²) >= 11 is 1.77. The highest BCUT2D eigenvalue weighted by Crippen LogP contribution is 2.15. The normalized spacial score (nSPS) is 10.6. The van der Waals surface area contributed by atoms with Crippen molar-refractivity contribution in [1.29, 1.82) is 0 Å². The lowest BCUT2D eigenvalue weighted by Crippen LogP contribution is -1.80. The van der Waals surface area contributed by atoms with E-state index >= 15 is 0 Å². The van der Waals surface area contributed by atoms with Crippen LogP contribution in [0.15, 0.2) is 41.6 Å². The topological polar surface area (TPSA) is 4.41 Å². The fraction of sp³-hybridized carbons (Fsp3) is 0.111. The largest absolute Gasteiger partial charge is 0.323 e. The van der Waals surface area contributed by atoms with Gasteiger partial charge in [-0.05, 0) is 30.5 Å². The summed E-state index contributed by atoms with van der Waals surface area (Å²) in [5.74, 6) is 0. The molecule has 0 saturated heterocycles. The molecular formula is C9H9NS. The van der Waals surface area contributed by atoms with Crippen molar-refractivity contribution in [2.75, 3.05) is 6.26 Å². The smallest absolute Gasteiger partial charge is 0.0450 e. The molecule has 0 unspecified atom stereocenters. The molecule has 0 N–H and O–H groups in total. The molecule has 1 nitrogen and oxygen atoms in total. The minimum absolute atomic E-state index is 1.25. The summed E-state index contributed by atoms with van der Waals surface area (Å²) in [6.45, 7) is 0. The molecule has 0 aliphatic heterocycles. The molecule has 0 amide bonds. The van der Waals surface area contributed by atoms with Crippen LogP contribution in [0.1, 0.15) is 0 Å². The summed E-state index contributed by atoms with van der Waals surface area (Å²) in [5, 5.41) is 0. The molecule has 56 valence electrons. The molecule has 2 heteroatoms. The summed E-state index contributed by atoms with van der Waals surface area (Å²) in [7, 11) is 0. The molecule has 0 aliphatic rings. The molecule has 0 spiro atoms. The Bertz CT molecular complexity index is 364. The maximum absolute atomic E-state index is 2.14. The van der Waals surface area contributed by atoms with Crippen LogP contribution in [-0.2, 0) is 0 Å². The van der Waals surface area contributed by atoms with E-state index in [4.69, 9.17) is 0 Å². The molecular weight excluding hydrogens is 154 g/mol. The number of aromatic nitrogens is 1. The minimum Gasteiger partial charge on any atom is -0.323 e. The molecule has 0 bridgehead atoms. The van der Waals surface area contributed by atoms with Gasteiger partial charge in [0.25, 0.3) is 0 Å². The highest BCUT2D eigenvalue weighted by molar-refractivity contribution is 7.98. The average molecular weight is 163 g/mol. The Morgan fingerprint density at radius 1 is 1.27 bits per heavy atom. The fourth-order valence-corrected chi connectivity index (χ4v) is 1.56. The van der Waals surface area contributed by atoms with E-state index in [-0.39, 0.29) is 0 Å². The first-order chi connectivity index (χ1) is 5.40. The van der Waals surface area contributed by atoms with Crippen molar-refractivity contribution >= 4 is 17.3 Å². The molecule has 0 aromatic carbocycles. The molecule has 0 fully saturated rings. The molecule has 2 heterocycles. The molecule has 2 aromatic heterocycles. The Morgan fingerprint density at radius 3 is 3.00 bits per heavy atom. The predicted octanol–water partition coefficient (Wildman–Crippen LogP) is 2.66. The number of rotatable bonds is 1. The van der Waals surface area contributed by atoms with Crippen LogP contribution in [0, 0.1) is 0 Å². The van der Waals surface area contributed by atoms with Crippen LogP contribution in [0.25, 0.3) is 5.52 Å². The first kappa shape index (κ1) is 6.80. The summed E-state index contributed by atoms with van der Waals surface area (Å²) in [5.41, 5.74) is 1.25. The minimum atomic E-state index is 1.25. The van der Waals surface area contributed by atoms with Gasteiger partial charge in [0.15, 0.2) is 0 Å². The molecule has 11 heavy (non-hydrogen) atoms. The Balaban J connectivity index is 2.67. The number of hydrogen-bond donors (Lipinski definition) is 0. The van der Waals surface area contributed by atoms with Crippen molar-refractivity contribution in [2.45, 2.75) is 4.90 Å². The van der Waals surface area contributed by atoms with Crippen molar-refractivity contribution in [1.82, 2.24) is 4.40 Å². The number of pyridine rings is 1. The molecule has 2 rings (SSSR count). The molecule has 0 saturated carbocycles. The zero-order valence-electron chi connectivity index (χ0n) is 6.32. The number of nitrogens with zero attached hydrogens (tertiary/aromatic N) is 1. The van der Waals surface area contributed by atoms with E-state index in [0.29, 0.717) is 0 Å². The van der Waals surface area contributed by atoms with Crippen LogP contribution in [0.5, 0.6) is 0 Å². The molecule has 0 atom stereocenters. The van der Waals surface area contributed by atoms with E-state index in [9.17, 15) is 0 Å². The van der Waals surface area contributed by atoms with Crippen molar-refractivity contribution in [3.63, 3.8) is 0 Å². The fourth-order valence-electron chi connectivity index (χ4n) is 1.13. The SMILES string of the molecule is CSc1ccc2cccn2c1. The summed E-state index contributed by atoms with van der Waals surface area (Å²) in [4.78, 5) is 1.30. The van der Waals surface area contributed by atoms with Gasteiger partial charge in [-0.25, -0.2) is 0 Å². The molecule has 0 aliphatic carbocycles. The van der Waals surface area contributed by atoms with E-state index in [1.165, 1.54) is 10.4 Å². The maximum Gasteiger partial charge on any atom is 0.0450 e. The Hall–Kier alpha value is -0.890. The predicted molar refractivity (Wildman–Crippen MR) is 49.2 cm³/mol. The maximum atomic E-state index is 2.14. The summed E-state index contributed by atoms with van der Waals surface area (Å²) < 4.78 is 2.13. The van der Waals surface area contributed by atoms with Crippen molar-refractivity contribution < 1.29 is 0 Å². The van der Waals surface area contributed by atoms with Crippen LogP contribution >= 0.6 is 11.8 Å². The van der Waals surface area contributed by atoms with Gasteiger partial charge in [-0.3, -0.25) is 0 Å². The van der Waals surface area contributed by atoms with Crippen LogP contribution in [-0.4, -0.2) is 10.7 Å². The lowest BCUT2D eigenvalue weighted by Gasteiger charge is -1.97. The monoisotopic (exact) mass is 163 g/mol. The van der Waals surface area contributed by atoms with E-state index in [0.717, 1.165) is 0 Å². The van der Waals surface area contributed by atoms with Gasteiger partial charge in [-0.2, -0.15) is 0 Å². The van der Waals surface area contributed by atoms with Crippen LogP contribution < -0.4 is 0 Å². The van der Waals surface area contributed by atoms with E-state index < -0.39 is 0 Å². The molecule has 2 aromatic rings. The third kappa shape index (κ3) is 1.14. The standard InChI is InChI=1S/C9H9NS/c1-11-9-5-4-8-3-2-6-10(8)7-9/h2-7H,1H3. The third-order valence-corrected chi connectivity index (χ3v) is 2.45. The average Bonchev–Trinajstić information content (AvgIpc) is 2.50. The van der Waals surface area contributed by atoms with Crippen LogP contribution in [0.4, 0.5) is 0 Å². The second kappa shape index (κ2) is 2.62. The van der Waals surface area contributed by atoms with Gasteiger partial charge >= 0.3 is 0 Å². The van der Waals surface area contributed by atoms with Gasteiger partial charge in [-0.1, -0.05) is 0 Å². The lowest BCUT2D eigenvalue weighted by molar-refractivity contribution is 1.14. The van der Waals surface area contributed by atoms with Gasteiger partial charge in [0, 0.05) is 22.8 Å². The Morgan fingerprint density at radius 2 is 2.18 bits per heavy atom. The first-order valence-corrected chi connectivity index (χ1v) is 4.73. The first-order valence-electron chi connectivity index (χ1n) is 3.51. The summed E-state index contributed by atoms with van der Waals surface area (Å²) in [6.07, 6.45) is 6.29. The second-order valence-corrected chi connectivity index (χ2v) is 3.29. The lowest BCUT2D eigenvalue weighted by atomic mass is 10.4. The van der Waals surface area contributed by atoms with Gasteiger partial charge in [0.05, 0.1) is 0 Å². The van der Waals surface area contributed by atoms with Crippen molar-refractivity contribution in [3.05, 3.63) is 36.7 Å². The van der Waals surface area contributed by atoms with Gasteiger partial charge in [0.2, 0.25) is 0 Å².